The molecular formula is C12H14BrF3O2. The summed E-state index contributed by atoms with van der Waals surface area (Å²) in [6, 6.07) is 4.63. The Kier molecular flexibility index (Phi) is 5.78. The van der Waals surface area contributed by atoms with Gasteiger partial charge in [-0.05, 0) is 37.5 Å². The first-order chi connectivity index (χ1) is 8.46. The number of hydrogen-bond acceptors (Lipinski definition) is 2. The maximum atomic E-state index is 12.3. The van der Waals surface area contributed by atoms with Crippen molar-refractivity contribution in [3.05, 3.63) is 23.8 Å². The Hall–Kier alpha value is -0.910. The van der Waals surface area contributed by atoms with E-state index in [0.29, 0.717) is 6.42 Å². The number of hydrogen-bond donors (Lipinski definition) is 0. The average Bonchev–Trinajstić information content (AvgIpc) is 2.27. The lowest BCUT2D eigenvalue weighted by Crippen LogP contribution is -2.18. The van der Waals surface area contributed by atoms with Crippen LogP contribution in [-0.4, -0.2) is 18.3 Å². The molecule has 0 bridgehead atoms. The average molecular weight is 327 g/mol. The lowest BCUT2D eigenvalue weighted by Gasteiger charge is -2.14. The molecule has 0 N–H and O–H groups in total. The van der Waals surface area contributed by atoms with Gasteiger partial charge in [-0.25, -0.2) is 0 Å². The number of ether oxygens (including phenoxy) is 2. The van der Waals surface area contributed by atoms with E-state index < -0.39 is 6.36 Å². The first-order valence-electron chi connectivity index (χ1n) is 5.53. The van der Waals surface area contributed by atoms with Crippen molar-refractivity contribution in [3.63, 3.8) is 0 Å². The van der Waals surface area contributed by atoms with Crippen LogP contribution >= 0.6 is 15.9 Å². The standard InChI is InChI=1S/C12H14BrF3O2/c1-2-17-10-6-5-9(4-3-7-13)8-11(10)18-12(14,15)16/h5-6,8H,2-4,7H2,1H3. The van der Waals surface area contributed by atoms with Crippen molar-refractivity contribution in [2.75, 3.05) is 11.9 Å². The fourth-order valence-electron chi connectivity index (χ4n) is 1.46. The van der Waals surface area contributed by atoms with Crippen LogP contribution in [0.1, 0.15) is 18.9 Å². The third-order valence-corrected chi connectivity index (χ3v) is 2.69. The van der Waals surface area contributed by atoms with E-state index in [0.717, 1.165) is 17.3 Å². The minimum Gasteiger partial charge on any atom is -0.490 e. The number of aryl methyl sites for hydroxylation is 1. The fraction of sp³-hybridized carbons (Fsp3) is 0.500. The van der Waals surface area contributed by atoms with Gasteiger partial charge >= 0.3 is 6.36 Å². The molecule has 1 aromatic carbocycles. The smallest absolute Gasteiger partial charge is 0.490 e. The molecule has 1 aromatic rings. The molecule has 6 heteroatoms. The van der Waals surface area contributed by atoms with Crippen LogP contribution in [0.25, 0.3) is 0 Å². The maximum Gasteiger partial charge on any atom is 0.573 e. The second-order valence-electron chi connectivity index (χ2n) is 3.55. The van der Waals surface area contributed by atoms with Crippen LogP contribution in [0.2, 0.25) is 0 Å². The lowest BCUT2D eigenvalue weighted by molar-refractivity contribution is -0.275. The van der Waals surface area contributed by atoms with Gasteiger partial charge in [0.1, 0.15) is 0 Å². The molecule has 102 valence electrons. The Morgan fingerprint density at radius 3 is 2.50 bits per heavy atom. The van der Waals surface area contributed by atoms with Crippen LogP contribution in [0.4, 0.5) is 13.2 Å². The van der Waals surface area contributed by atoms with Crippen LogP contribution < -0.4 is 9.47 Å². The van der Waals surface area contributed by atoms with Crippen molar-refractivity contribution in [1.29, 1.82) is 0 Å². The van der Waals surface area contributed by atoms with E-state index in [1.54, 1.807) is 13.0 Å². The third-order valence-electron chi connectivity index (χ3n) is 2.13. The van der Waals surface area contributed by atoms with Crippen molar-refractivity contribution in [2.45, 2.75) is 26.1 Å². The summed E-state index contributed by atoms with van der Waals surface area (Å²) in [4.78, 5) is 0. The third kappa shape index (κ3) is 5.16. The number of benzene rings is 1. The van der Waals surface area contributed by atoms with Gasteiger partial charge in [0.05, 0.1) is 6.61 Å². The summed E-state index contributed by atoms with van der Waals surface area (Å²) < 4.78 is 45.9. The van der Waals surface area contributed by atoms with Gasteiger partial charge in [-0.3, -0.25) is 0 Å². The first kappa shape index (κ1) is 15.1. The molecule has 0 aliphatic heterocycles. The molecule has 0 aliphatic rings. The largest absolute Gasteiger partial charge is 0.573 e. The van der Waals surface area contributed by atoms with E-state index >= 15 is 0 Å². The Bertz CT molecular complexity index is 380. The van der Waals surface area contributed by atoms with E-state index in [1.165, 1.54) is 12.1 Å². The molecule has 0 saturated carbocycles. The highest BCUT2D eigenvalue weighted by Crippen LogP contribution is 2.33. The topological polar surface area (TPSA) is 18.5 Å². The van der Waals surface area contributed by atoms with Crippen molar-refractivity contribution in [2.24, 2.45) is 0 Å². The minimum absolute atomic E-state index is 0.109. The molecule has 0 aromatic heterocycles. The molecule has 1 rings (SSSR count). The first-order valence-corrected chi connectivity index (χ1v) is 6.66. The van der Waals surface area contributed by atoms with Gasteiger partial charge in [0.25, 0.3) is 0 Å². The maximum absolute atomic E-state index is 12.3. The Morgan fingerprint density at radius 2 is 1.94 bits per heavy atom. The van der Waals surface area contributed by atoms with E-state index in [4.69, 9.17) is 4.74 Å². The van der Waals surface area contributed by atoms with E-state index in [9.17, 15) is 13.2 Å². The quantitative estimate of drug-likeness (QED) is 0.725. The normalized spacial score (nSPS) is 11.4. The molecule has 0 amide bonds. The van der Waals surface area contributed by atoms with Gasteiger partial charge < -0.3 is 9.47 Å². The predicted molar refractivity (Wildman–Crippen MR) is 66.4 cm³/mol. The second kappa shape index (κ2) is 6.87. The molecule has 0 saturated heterocycles. The minimum atomic E-state index is -4.71. The fourth-order valence-corrected chi connectivity index (χ4v) is 1.74. The molecule has 0 fully saturated rings. The molecule has 0 aliphatic carbocycles. The van der Waals surface area contributed by atoms with Gasteiger partial charge in [0.2, 0.25) is 0 Å². The zero-order chi connectivity index (χ0) is 13.6. The monoisotopic (exact) mass is 326 g/mol. The summed E-state index contributed by atoms with van der Waals surface area (Å²) in [5, 5.41) is 0.801. The highest BCUT2D eigenvalue weighted by atomic mass is 79.9. The van der Waals surface area contributed by atoms with Crippen molar-refractivity contribution >= 4 is 15.9 Å². The van der Waals surface area contributed by atoms with Gasteiger partial charge in [-0.15, -0.1) is 13.2 Å². The molecule has 0 heterocycles. The molecule has 2 nitrogen and oxygen atoms in total. The number of rotatable bonds is 6. The van der Waals surface area contributed by atoms with Gasteiger partial charge in [-0.2, -0.15) is 0 Å². The Balaban J connectivity index is 2.92. The Morgan fingerprint density at radius 1 is 1.22 bits per heavy atom. The summed E-state index contributed by atoms with van der Waals surface area (Å²) in [7, 11) is 0. The van der Waals surface area contributed by atoms with Gasteiger partial charge in [-0.1, -0.05) is 22.0 Å². The van der Waals surface area contributed by atoms with Crippen molar-refractivity contribution < 1.29 is 22.6 Å². The highest BCUT2D eigenvalue weighted by molar-refractivity contribution is 9.09. The second-order valence-corrected chi connectivity index (χ2v) is 4.35. The molecule has 0 radical (unpaired) electrons. The summed E-state index contributed by atoms with van der Waals surface area (Å²) in [5.41, 5.74) is 0.789. The molecule has 0 atom stereocenters. The van der Waals surface area contributed by atoms with Gasteiger partial charge in [0.15, 0.2) is 11.5 Å². The lowest BCUT2D eigenvalue weighted by atomic mass is 10.1. The van der Waals surface area contributed by atoms with E-state index in [2.05, 4.69) is 20.7 Å². The summed E-state index contributed by atoms with van der Waals surface area (Å²) in [5.74, 6) is -0.172. The number of alkyl halides is 4. The van der Waals surface area contributed by atoms with Crippen LogP contribution in [0.3, 0.4) is 0 Å². The zero-order valence-electron chi connectivity index (χ0n) is 9.89. The molecule has 0 unspecified atom stereocenters. The van der Waals surface area contributed by atoms with Crippen LogP contribution in [0, 0.1) is 0 Å². The van der Waals surface area contributed by atoms with Crippen LogP contribution in [0.5, 0.6) is 11.5 Å². The summed E-state index contributed by atoms with van der Waals surface area (Å²) in [6.07, 6.45) is -3.18. The zero-order valence-corrected chi connectivity index (χ0v) is 11.5. The summed E-state index contributed by atoms with van der Waals surface area (Å²) >= 11 is 3.28. The Labute approximate surface area is 112 Å². The predicted octanol–water partition coefficient (Wildman–Crippen LogP) is 4.31. The highest BCUT2D eigenvalue weighted by Gasteiger charge is 2.32. The van der Waals surface area contributed by atoms with Crippen LogP contribution in [0.15, 0.2) is 18.2 Å². The number of halogens is 4. The van der Waals surface area contributed by atoms with E-state index in [1.807, 2.05) is 0 Å². The molecule has 0 spiro atoms. The van der Waals surface area contributed by atoms with Crippen molar-refractivity contribution in [1.82, 2.24) is 0 Å². The van der Waals surface area contributed by atoms with Crippen LogP contribution in [-0.2, 0) is 6.42 Å². The SMILES string of the molecule is CCOc1ccc(CCCBr)cc1OC(F)(F)F. The van der Waals surface area contributed by atoms with E-state index in [-0.39, 0.29) is 18.1 Å². The molecular weight excluding hydrogens is 313 g/mol. The molecule has 18 heavy (non-hydrogen) atoms. The van der Waals surface area contributed by atoms with Crippen molar-refractivity contribution in [3.8, 4) is 11.5 Å². The summed E-state index contributed by atoms with van der Waals surface area (Å²) in [6.45, 7) is 1.99. The van der Waals surface area contributed by atoms with Gasteiger partial charge in [0, 0.05) is 5.33 Å².